The van der Waals surface area contributed by atoms with Gasteiger partial charge in [0.1, 0.15) is 5.69 Å². The predicted octanol–water partition coefficient (Wildman–Crippen LogP) is 4.49. The lowest BCUT2D eigenvalue weighted by Crippen LogP contribution is -2.23. The Hall–Kier alpha value is -3.22. The third kappa shape index (κ3) is 4.03. The first-order valence-corrected chi connectivity index (χ1v) is 10.2. The zero-order chi connectivity index (χ0) is 19.4. The maximum atomic E-state index is 12.8. The normalized spacial score (nSPS) is 11.4. The van der Waals surface area contributed by atoms with Crippen LogP contribution in [0.15, 0.2) is 101 Å². The number of aromatic nitrogens is 1. The fraction of sp³-hybridized carbons (Fsp3) is 0.0455. The number of nitrogens with one attached hydrogen (secondary N) is 1. The Morgan fingerprint density at radius 3 is 2.46 bits per heavy atom. The van der Waals surface area contributed by atoms with E-state index in [2.05, 4.69) is 9.71 Å². The van der Waals surface area contributed by atoms with Crippen LogP contribution in [-0.2, 0) is 16.6 Å². The highest BCUT2D eigenvalue weighted by Gasteiger charge is 2.15. The summed E-state index contributed by atoms with van der Waals surface area (Å²) in [5.74, 6) is 0.639. The van der Waals surface area contributed by atoms with E-state index in [1.165, 1.54) is 0 Å². The van der Waals surface area contributed by atoms with Crippen LogP contribution in [0.3, 0.4) is 0 Å². The van der Waals surface area contributed by atoms with E-state index in [1.54, 1.807) is 42.8 Å². The number of hydrogen-bond acceptors (Lipinski definition) is 4. The van der Waals surface area contributed by atoms with Crippen molar-refractivity contribution in [2.24, 2.45) is 0 Å². The van der Waals surface area contributed by atoms with Crippen molar-refractivity contribution in [1.82, 2.24) is 9.71 Å². The summed E-state index contributed by atoms with van der Waals surface area (Å²) in [7, 11) is -3.65. The standard InChI is InChI=1S/C22H18N2O3S/c25-28(26,20-9-4-8-19(15-20)18-6-2-1-3-7-18)24-16-17-11-12-23-21(14-17)22-10-5-13-27-22/h1-15,24H,16H2. The Balaban J connectivity index is 1.53. The van der Waals surface area contributed by atoms with Crippen molar-refractivity contribution in [2.75, 3.05) is 0 Å². The van der Waals surface area contributed by atoms with Crippen molar-refractivity contribution in [3.8, 4) is 22.6 Å². The molecule has 0 atom stereocenters. The Morgan fingerprint density at radius 1 is 0.857 bits per heavy atom. The molecule has 2 aromatic heterocycles. The number of nitrogens with zero attached hydrogens (tertiary/aromatic N) is 1. The first-order valence-electron chi connectivity index (χ1n) is 8.76. The van der Waals surface area contributed by atoms with Gasteiger partial charge in [0, 0.05) is 12.7 Å². The number of pyridine rings is 1. The Morgan fingerprint density at radius 2 is 1.68 bits per heavy atom. The quantitative estimate of drug-likeness (QED) is 0.527. The summed E-state index contributed by atoms with van der Waals surface area (Å²) in [6.45, 7) is 0.161. The predicted molar refractivity (Wildman–Crippen MR) is 108 cm³/mol. The van der Waals surface area contributed by atoms with Gasteiger partial charge in [0.05, 0.1) is 11.2 Å². The molecule has 0 bridgehead atoms. The minimum Gasteiger partial charge on any atom is -0.463 e. The first-order chi connectivity index (χ1) is 13.6. The van der Waals surface area contributed by atoms with E-state index in [-0.39, 0.29) is 11.4 Å². The summed E-state index contributed by atoms with van der Waals surface area (Å²) >= 11 is 0. The molecule has 4 aromatic rings. The Labute approximate surface area is 163 Å². The molecule has 0 saturated carbocycles. The number of furan rings is 1. The highest BCUT2D eigenvalue weighted by molar-refractivity contribution is 7.89. The van der Waals surface area contributed by atoms with Crippen molar-refractivity contribution in [3.63, 3.8) is 0 Å². The molecule has 0 spiro atoms. The largest absolute Gasteiger partial charge is 0.463 e. The molecule has 1 N–H and O–H groups in total. The second-order valence-electron chi connectivity index (χ2n) is 6.25. The number of rotatable bonds is 6. The van der Waals surface area contributed by atoms with Crippen molar-refractivity contribution in [1.29, 1.82) is 0 Å². The Bertz CT molecular complexity index is 1170. The fourth-order valence-corrected chi connectivity index (χ4v) is 3.94. The minimum atomic E-state index is -3.65. The van der Waals surface area contributed by atoms with Gasteiger partial charge in [-0.15, -0.1) is 0 Å². The molecule has 2 heterocycles. The second-order valence-corrected chi connectivity index (χ2v) is 8.01. The lowest BCUT2D eigenvalue weighted by Gasteiger charge is -2.09. The van der Waals surface area contributed by atoms with Crippen LogP contribution < -0.4 is 4.72 Å². The number of hydrogen-bond donors (Lipinski definition) is 1. The Kier molecular flexibility index (Phi) is 5.06. The summed E-state index contributed by atoms with van der Waals surface area (Å²) in [4.78, 5) is 4.49. The van der Waals surface area contributed by atoms with Crippen LogP contribution in [0.25, 0.3) is 22.6 Å². The monoisotopic (exact) mass is 390 g/mol. The summed E-state index contributed by atoms with van der Waals surface area (Å²) in [6.07, 6.45) is 3.21. The zero-order valence-electron chi connectivity index (χ0n) is 14.9. The molecular formula is C22H18N2O3S. The maximum absolute atomic E-state index is 12.8. The molecule has 0 fully saturated rings. The number of benzene rings is 2. The summed E-state index contributed by atoms with van der Waals surface area (Å²) in [5.41, 5.74) is 3.28. The van der Waals surface area contributed by atoms with E-state index in [0.717, 1.165) is 16.7 Å². The van der Waals surface area contributed by atoms with Crippen LogP contribution in [-0.4, -0.2) is 13.4 Å². The number of sulfonamides is 1. The first kappa shape index (κ1) is 18.2. The molecule has 0 aliphatic rings. The van der Waals surface area contributed by atoms with E-state index in [9.17, 15) is 8.42 Å². The van der Waals surface area contributed by atoms with Crippen LogP contribution in [0.1, 0.15) is 5.56 Å². The summed E-state index contributed by atoms with van der Waals surface area (Å²) < 4.78 is 33.5. The highest BCUT2D eigenvalue weighted by Crippen LogP contribution is 2.23. The van der Waals surface area contributed by atoms with E-state index in [0.29, 0.717) is 11.5 Å². The molecule has 5 nitrogen and oxygen atoms in total. The topological polar surface area (TPSA) is 72.2 Å². The molecular weight excluding hydrogens is 372 g/mol. The molecule has 0 unspecified atom stereocenters. The van der Waals surface area contributed by atoms with Crippen LogP contribution >= 0.6 is 0 Å². The van der Waals surface area contributed by atoms with Gasteiger partial charge in [0.2, 0.25) is 10.0 Å². The molecule has 28 heavy (non-hydrogen) atoms. The van der Waals surface area contributed by atoms with Crippen LogP contribution in [0.5, 0.6) is 0 Å². The van der Waals surface area contributed by atoms with E-state index < -0.39 is 10.0 Å². The van der Waals surface area contributed by atoms with Gasteiger partial charge in [-0.2, -0.15) is 0 Å². The average molecular weight is 390 g/mol. The van der Waals surface area contributed by atoms with Gasteiger partial charge in [0.15, 0.2) is 5.76 Å². The molecule has 0 aliphatic heterocycles. The van der Waals surface area contributed by atoms with Crippen molar-refractivity contribution in [3.05, 3.63) is 96.9 Å². The second kappa shape index (κ2) is 7.80. The third-order valence-corrected chi connectivity index (χ3v) is 5.71. The van der Waals surface area contributed by atoms with Gasteiger partial charge >= 0.3 is 0 Å². The van der Waals surface area contributed by atoms with Gasteiger partial charge < -0.3 is 4.42 Å². The molecule has 0 aliphatic carbocycles. The molecule has 2 aromatic carbocycles. The molecule has 4 rings (SSSR count). The van der Waals surface area contributed by atoms with E-state index in [4.69, 9.17) is 4.42 Å². The minimum absolute atomic E-state index is 0.161. The summed E-state index contributed by atoms with van der Waals surface area (Å²) in [6, 6.07) is 23.8. The molecule has 140 valence electrons. The van der Waals surface area contributed by atoms with Crippen molar-refractivity contribution >= 4 is 10.0 Å². The summed E-state index contributed by atoms with van der Waals surface area (Å²) in [5, 5.41) is 0. The lowest BCUT2D eigenvalue weighted by molar-refractivity contribution is 0.579. The van der Waals surface area contributed by atoms with Gasteiger partial charge in [-0.25, -0.2) is 13.1 Å². The average Bonchev–Trinajstić information content (AvgIpc) is 3.28. The SMILES string of the molecule is O=S(=O)(NCc1ccnc(-c2ccco2)c1)c1cccc(-c2ccccc2)c1. The van der Waals surface area contributed by atoms with Gasteiger partial charge in [0.25, 0.3) is 0 Å². The molecule has 0 amide bonds. The van der Waals surface area contributed by atoms with Gasteiger partial charge in [-0.05, 0) is 53.1 Å². The molecule has 0 radical (unpaired) electrons. The molecule has 0 saturated heterocycles. The van der Waals surface area contributed by atoms with Gasteiger partial charge in [-0.3, -0.25) is 4.98 Å². The lowest BCUT2D eigenvalue weighted by atomic mass is 10.1. The van der Waals surface area contributed by atoms with Crippen LogP contribution in [0.4, 0.5) is 0 Å². The maximum Gasteiger partial charge on any atom is 0.240 e. The van der Waals surface area contributed by atoms with Crippen LogP contribution in [0.2, 0.25) is 0 Å². The third-order valence-electron chi connectivity index (χ3n) is 4.32. The zero-order valence-corrected chi connectivity index (χ0v) is 15.8. The van der Waals surface area contributed by atoms with E-state index in [1.807, 2.05) is 48.5 Å². The van der Waals surface area contributed by atoms with Crippen molar-refractivity contribution < 1.29 is 12.8 Å². The van der Waals surface area contributed by atoms with E-state index >= 15 is 0 Å². The van der Waals surface area contributed by atoms with Gasteiger partial charge in [-0.1, -0.05) is 42.5 Å². The van der Waals surface area contributed by atoms with Crippen LogP contribution in [0, 0.1) is 0 Å². The fourth-order valence-electron chi connectivity index (χ4n) is 2.88. The van der Waals surface area contributed by atoms with Crippen molar-refractivity contribution in [2.45, 2.75) is 11.4 Å². The highest BCUT2D eigenvalue weighted by atomic mass is 32.2. The molecule has 6 heteroatoms. The smallest absolute Gasteiger partial charge is 0.240 e.